The van der Waals surface area contributed by atoms with Gasteiger partial charge in [-0.3, -0.25) is 4.57 Å². The van der Waals surface area contributed by atoms with E-state index in [1.54, 1.807) is 0 Å². The second-order valence-corrected chi connectivity index (χ2v) is 4.71. The Morgan fingerprint density at radius 3 is 2.62 bits per heavy atom. The van der Waals surface area contributed by atoms with Gasteiger partial charge in [-0.15, -0.1) is 0 Å². The van der Waals surface area contributed by atoms with Crippen LogP contribution >= 0.6 is 8.03 Å². The summed E-state index contributed by atoms with van der Waals surface area (Å²) in [6.45, 7) is 2.56. The van der Waals surface area contributed by atoms with E-state index >= 15 is 0 Å². The minimum atomic E-state index is -1.87. The van der Waals surface area contributed by atoms with Crippen LogP contribution in [0.25, 0.3) is 0 Å². The van der Waals surface area contributed by atoms with Crippen LogP contribution in [0.15, 0.2) is 0 Å². The molecule has 0 heterocycles. The van der Waals surface area contributed by atoms with Crippen molar-refractivity contribution in [2.75, 3.05) is 12.7 Å². The monoisotopic (exact) mass is 208 g/mol. The first-order valence-corrected chi connectivity index (χ1v) is 6.38. The molecule has 0 aliphatic rings. The van der Waals surface area contributed by atoms with Crippen LogP contribution in [0, 0.1) is 0 Å². The third-order valence-electron chi connectivity index (χ3n) is 1.76. The van der Waals surface area contributed by atoms with Gasteiger partial charge in [-0.25, -0.2) is 0 Å². The highest BCUT2D eigenvalue weighted by Crippen LogP contribution is 2.23. The van der Waals surface area contributed by atoms with Gasteiger partial charge < -0.3 is 16.0 Å². The zero-order valence-corrected chi connectivity index (χ0v) is 9.29. The normalized spacial score (nSPS) is 15.6. The molecule has 0 rings (SSSR count). The summed E-state index contributed by atoms with van der Waals surface area (Å²) >= 11 is 0. The lowest BCUT2D eigenvalue weighted by molar-refractivity contribution is 0.207. The fourth-order valence-electron chi connectivity index (χ4n) is 0.978. The molecule has 2 unspecified atom stereocenters. The number of hydrogen-bond acceptors (Lipinski definition) is 4. The molecule has 0 aromatic carbocycles. The highest BCUT2D eigenvalue weighted by Gasteiger charge is 2.05. The lowest BCUT2D eigenvalue weighted by atomic mass is 10.2. The number of nitrogens with two attached hydrogens (primary N) is 2. The average Bonchev–Trinajstić information content (AvgIpc) is 2.12. The molecule has 0 aliphatic carbocycles. The lowest BCUT2D eigenvalue weighted by Gasteiger charge is -2.11. The molecular weight excluding hydrogens is 187 g/mol. The summed E-state index contributed by atoms with van der Waals surface area (Å²) in [4.78, 5) is 0. The molecule has 0 aromatic heterocycles. The van der Waals surface area contributed by atoms with Gasteiger partial charge in [0.1, 0.15) is 6.23 Å². The van der Waals surface area contributed by atoms with E-state index in [-0.39, 0.29) is 6.23 Å². The summed E-state index contributed by atoms with van der Waals surface area (Å²) in [7, 11) is -1.87. The summed E-state index contributed by atoms with van der Waals surface area (Å²) < 4.78 is 16.0. The van der Waals surface area contributed by atoms with E-state index in [4.69, 9.17) is 16.0 Å². The van der Waals surface area contributed by atoms with Gasteiger partial charge in [0.25, 0.3) is 0 Å². The maximum Gasteiger partial charge on any atom is 0.192 e. The van der Waals surface area contributed by atoms with E-state index in [9.17, 15) is 4.57 Å². The van der Waals surface area contributed by atoms with Gasteiger partial charge in [0.2, 0.25) is 0 Å². The van der Waals surface area contributed by atoms with Gasteiger partial charge in [0.05, 0.1) is 0 Å². The first-order chi connectivity index (χ1) is 6.20. The zero-order chi connectivity index (χ0) is 10.1. The molecule has 13 heavy (non-hydrogen) atoms. The first kappa shape index (κ1) is 13.1. The second-order valence-electron chi connectivity index (χ2n) is 3.02. The quantitative estimate of drug-likeness (QED) is 0.358. The molecule has 0 saturated carbocycles. The van der Waals surface area contributed by atoms with Crippen LogP contribution in [0.1, 0.15) is 32.6 Å². The number of hydrogen-bond donors (Lipinski definition) is 2. The maximum absolute atomic E-state index is 11.0. The van der Waals surface area contributed by atoms with E-state index < -0.39 is 8.03 Å². The predicted octanol–water partition coefficient (Wildman–Crippen LogP) is 1.30. The summed E-state index contributed by atoms with van der Waals surface area (Å²) in [5.41, 5.74) is 10.9. The molecule has 0 amide bonds. The first-order valence-electron chi connectivity index (χ1n) is 4.85. The molecule has 5 heteroatoms. The fraction of sp³-hybridized carbons (Fsp3) is 1.00. The van der Waals surface area contributed by atoms with Crippen molar-refractivity contribution in [3.8, 4) is 0 Å². The van der Waals surface area contributed by atoms with Gasteiger partial charge in [0, 0.05) is 6.16 Å². The second kappa shape index (κ2) is 8.70. The topological polar surface area (TPSA) is 78.3 Å². The molecule has 4 nitrogen and oxygen atoms in total. The molecular formula is C8H21N2O2P. The minimum Gasteiger partial charge on any atom is -0.330 e. The number of unbranched alkanes of at least 4 members (excludes halogenated alkanes) is 2. The van der Waals surface area contributed by atoms with Gasteiger partial charge in [-0.05, 0) is 25.8 Å². The Balaban J connectivity index is 3.29. The molecule has 0 aliphatic heterocycles. The maximum atomic E-state index is 11.0. The van der Waals surface area contributed by atoms with Crippen molar-refractivity contribution in [2.24, 2.45) is 11.5 Å². The predicted molar refractivity (Wildman–Crippen MR) is 56.1 cm³/mol. The third-order valence-corrected chi connectivity index (χ3v) is 2.91. The van der Waals surface area contributed by atoms with E-state index in [0.29, 0.717) is 6.16 Å². The van der Waals surface area contributed by atoms with Crippen molar-refractivity contribution in [3.63, 3.8) is 0 Å². The molecule has 0 saturated heterocycles. The van der Waals surface area contributed by atoms with Crippen molar-refractivity contribution < 1.29 is 9.09 Å². The van der Waals surface area contributed by atoms with Crippen molar-refractivity contribution >= 4 is 8.03 Å². The van der Waals surface area contributed by atoms with Gasteiger partial charge in [0.15, 0.2) is 8.03 Å². The molecule has 2 atom stereocenters. The van der Waals surface area contributed by atoms with Crippen LogP contribution in [-0.4, -0.2) is 18.9 Å². The molecule has 0 spiro atoms. The van der Waals surface area contributed by atoms with Crippen LogP contribution in [0.2, 0.25) is 0 Å². The van der Waals surface area contributed by atoms with Crippen LogP contribution in [0.3, 0.4) is 0 Å². The highest BCUT2D eigenvalue weighted by molar-refractivity contribution is 7.39. The highest BCUT2D eigenvalue weighted by atomic mass is 31.1. The number of rotatable bonds is 8. The van der Waals surface area contributed by atoms with Crippen LogP contribution in [0.5, 0.6) is 0 Å². The summed E-state index contributed by atoms with van der Waals surface area (Å²) in [6, 6.07) is 0. The van der Waals surface area contributed by atoms with Gasteiger partial charge in [-0.1, -0.05) is 13.3 Å². The van der Waals surface area contributed by atoms with E-state index in [1.165, 1.54) is 0 Å². The van der Waals surface area contributed by atoms with Crippen LogP contribution < -0.4 is 11.5 Å². The Kier molecular flexibility index (Phi) is 8.77. The van der Waals surface area contributed by atoms with E-state index in [2.05, 4.69) is 0 Å². The summed E-state index contributed by atoms with van der Waals surface area (Å²) in [5, 5.41) is 0. The average molecular weight is 208 g/mol. The Bertz CT molecular complexity index is 144. The summed E-state index contributed by atoms with van der Waals surface area (Å²) in [6.07, 6.45) is 4.08. The van der Waals surface area contributed by atoms with E-state index in [1.807, 2.05) is 6.92 Å². The molecule has 0 radical (unpaired) electrons. The Morgan fingerprint density at radius 1 is 1.38 bits per heavy atom. The lowest BCUT2D eigenvalue weighted by Crippen LogP contribution is -2.20. The molecule has 0 fully saturated rings. The Morgan fingerprint density at radius 2 is 2.08 bits per heavy atom. The van der Waals surface area contributed by atoms with Crippen molar-refractivity contribution in [1.29, 1.82) is 0 Å². The van der Waals surface area contributed by atoms with Crippen molar-refractivity contribution in [2.45, 2.75) is 38.8 Å². The van der Waals surface area contributed by atoms with Gasteiger partial charge >= 0.3 is 0 Å². The largest absolute Gasteiger partial charge is 0.330 e. The van der Waals surface area contributed by atoms with Crippen molar-refractivity contribution in [3.05, 3.63) is 0 Å². The zero-order valence-electron chi connectivity index (χ0n) is 8.29. The SMILES string of the molecule is CC[PH](=O)OC(N)CCCCCN. The van der Waals surface area contributed by atoms with E-state index in [0.717, 1.165) is 32.2 Å². The smallest absolute Gasteiger partial charge is 0.192 e. The molecule has 0 bridgehead atoms. The fourth-order valence-corrected chi connectivity index (χ4v) is 1.60. The molecule has 4 N–H and O–H groups in total. The Hall–Kier alpha value is 0.110. The molecule has 80 valence electrons. The van der Waals surface area contributed by atoms with Gasteiger partial charge in [-0.2, -0.15) is 0 Å². The van der Waals surface area contributed by atoms with Crippen molar-refractivity contribution in [1.82, 2.24) is 0 Å². The van der Waals surface area contributed by atoms with Crippen LogP contribution in [-0.2, 0) is 9.09 Å². The standard InChI is InChI=1S/C8H21N2O2P/c1-2-13(11)12-8(10)6-4-3-5-7-9/h8,13H,2-7,9-10H2,1H3. The third kappa shape index (κ3) is 8.44. The minimum absolute atomic E-state index is 0.357. The summed E-state index contributed by atoms with van der Waals surface area (Å²) in [5.74, 6) is 0. The molecule has 0 aromatic rings. The Labute approximate surface area is 80.9 Å². The van der Waals surface area contributed by atoms with Crippen LogP contribution in [0.4, 0.5) is 0 Å².